The zero-order valence-corrected chi connectivity index (χ0v) is 9.97. The number of carbonyl (C=O) groups is 1. The van der Waals surface area contributed by atoms with Crippen LogP contribution in [0.3, 0.4) is 0 Å². The zero-order chi connectivity index (χ0) is 11.4. The van der Waals surface area contributed by atoms with Crippen LogP contribution in [0.15, 0.2) is 22.7 Å². The number of benzene rings is 1. The largest absolute Gasteiger partial charge is 0.481 e. The Balaban J connectivity index is 2.76. The van der Waals surface area contributed by atoms with E-state index in [1.165, 1.54) is 19.2 Å². The van der Waals surface area contributed by atoms with E-state index in [-0.39, 0.29) is 5.91 Å². The topological polar surface area (TPSA) is 38.3 Å². The van der Waals surface area contributed by atoms with Crippen molar-refractivity contribution in [1.29, 1.82) is 0 Å². The van der Waals surface area contributed by atoms with E-state index in [1.54, 1.807) is 13.0 Å². The Morgan fingerprint density at radius 2 is 2.20 bits per heavy atom. The molecule has 0 saturated carbocycles. The predicted molar refractivity (Wildman–Crippen MR) is 58.3 cm³/mol. The van der Waals surface area contributed by atoms with E-state index < -0.39 is 11.9 Å². The highest BCUT2D eigenvalue weighted by Gasteiger charge is 2.13. The average molecular weight is 276 g/mol. The predicted octanol–water partition coefficient (Wildman–Crippen LogP) is 2.10. The minimum Gasteiger partial charge on any atom is -0.481 e. The number of hydrogen-bond donors (Lipinski definition) is 1. The quantitative estimate of drug-likeness (QED) is 0.918. The zero-order valence-electron chi connectivity index (χ0n) is 8.38. The van der Waals surface area contributed by atoms with E-state index in [4.69, 9.17) is 4.74 Å². The molecule has 1 rings (SSSR count). The summed E-state index contributed by atoms with van der Waals surface area (Å²) in [6, 6.07) is 4.14. The SMILES string of the molecule is CNC(=O)C(C)Oc1cc(F)cc(Br)c1. The second kappa shape index (κ2) is 5.11. The average Bonchev–Trinajstić information content (AvgIpc) is 2.14. The van der Waals surface area contributed by atoms with Crippen molar-refractivity contribution < 1.29 is 13.9 Å². The Morgan fingerprint density at radius 3 is 2.73 bits per heavy atom. The molecule has 0 spiro atoms. The van der Waals surface area contributed by atoms with Crippen molar-refractivity contribution >= 4 is 21.8 Å². The minimum absolute atomic E-state index is 0.254. The molecule has 1 amide bonds. The molecule has 1 atom stereocenters. The molecule has 82 valence electrons. The first-order chi connectivity index (χ1) is 7.02. The normalized spacial score (nSPS) is 12.0. The molecule has 0 aliphatic rings. The van der Waals surface area contributed by atoms with Crippen molar-refractivity contribution in [1.82, 2.24) is 5.32 Å². The van der Waals surface area contributed by atoms with Crippen molar-refractivity contribution in [2.75, 3.05) is 7.05 Å². The summed E-state index contributed by atoms with van der Waals surface area (Å²) in [6.45, 7) is 1.59. The summed E-state index contributed by atoms with van der Waals surface area (Å²) in [5.41, 5.74) is 0. The van der Waals surface area contributed by atoms with E-state index in [2.05, 4.69) is 21.2 Å². The summed E-state index contributed by atoms with van der Waals surface area (Å²) in [5.74, 6) is -0.350. The van der Waals surface area contributed by atoms with Crippen LogP contribution in [0, 0.1) is 5.82 Å². The maximum absolute atomic E-state index is 13.0. The smallest absolute Gasteiger partial charge is 0.260 e. The third-order valence-corrected chi connectivity index (χ3v) is 2.22. The molecule has 1 N–H and O–H groups in total. The highest BCUT2D eigenvalue weighted by atomic mass is 79.9. The van der Waals surface area contributed by atoms with E-state index >= 15 is 0 Å². The van der Waals surface area contributed by atoms with Crippen LogP contribution < -0.4 is 10.1 Å². The molecule has 15 heavy (non-hydrogen) atoms. The molecular formula is C10H11BrFNO2. The number of ether oxygens (including phenoxy) is 1. The fourth-order valence-electron chi connectivity index (χ4n) is 1.06. The highest BCUT2D eigenvalue weighted by Crippen LogP contribution is 2.21. The molecule has 0 bridgehead atoms. The number of halogens is 2. The summed E-state index contributed by atoms with van der Waals surface area (Å²) < 4.78 is 18.8. The number of amides is 1. The van der Waals surface area contributed by atoms with Gasteiger partial charge in [0.15, 0.2) is 6.10 Å². The van der Waals surface area contributed by atoms with Gasteiger partial charge in [0.2, 0.25) is 0 Å². The third-order valence-electron chi connectivity index (χ3n) is 1.76. The standard InChI is InChI=1S/C10H11BrFNO2/c1-6(10(14)13-2)15-9-4-7(11)3-8(12)5-9/h3-6H,1-2H3,(H,13,14). The fraction of sp³-hybridized carbons (Fsp3) is 0.300. The van der Waals surface area contributed by atoms with Crippen molar-refractivity contribution in [2.45, 2.75) is 13.0 Å². The molecule has 0 fully saturated rings. The molecule has 1 aromatic carbocycles. The molecular weight excluding hydrogens is 265 g/mol. The second-order valence-corrected chi connectivity index (χ2v) is 3.90. The summed E-state index contributed by atoms with van der Waals surface area (Å²) in [5, 5.41) is 2.44. The van der Waals surface area contributed by atoms with Gasteiger partial charge in [-0.1, -0.05) is 15.9 Å². The lowest BCUT2D eigenvalue weighted by atomic mass is 10.3. The molecule has 0 radical (unpaired) electrons. The van der Waals surface area contributed by atoms with Crippen molar-refractivity contribution in [2.24, 2.45) is 0 Å². The van der Waals surface area contributed by atoms with Gasteiger partial charge in [-0.15, -0.1) is 0 Å². The Morgan fingerprint density at radius 1 is 1.53 bits per heavy atom. The summed E-state index contributed by atoms with van der Waals surface area (Å²) in [6.07, 6.45) is -0.649. The summed E-state index contributed by atoms with van der Waals surface area (Å²) >= 11 is 3.14. The van der Waals surface area contributed by atoms with Gasteiger partial charge in [-0.3, -0.25) is 4.79 Å². The van der Waals surface area contributed by atoms with Gasteiger partial charge in [0.1, 0.15) is 11.6 Å². The van der Waals surface area contributed by atoms with E-state index in [0.29, 0.717) is 10.2 Å². The Labute approximate surface area is 95.7 Å². The molecule has 0 saturated heterocycles. The lowest BCUT2D eigenvalue weighted by Crippen LogP contribution is -2.33. The van der Waals surface area contributed by atoms with E-state index in [9.17, 15) is 9.18 Å². The van der Waals surface area contributed by atoms with Crippen LogP contribution in [0.25, 0.3) is 0 Å². The first-order valence-corrected chi connectivity index (χ1v) is 5.16. The molecule has 0 aromatic heterocycles. The maximum Gasteiger partial charge on any atom is 0.260 e. The molecule has 0 aliphatic carbocycles. The molecule has 1 aromatic rings. The number of hydrogen-bond acceptors (Lipinski definition) is 2. The third kappa shape index (κ3) is 3.51. The fourth-order valence-corrected chi connectivity index (χ4v) is 1.50. The molecule has 0 heterocycles. The molecule has 3 nitrogen and oxygen atoms in total. The first kappa shape index (κ1) is 12.0. The van der Waals surface area contributed by atoms with Crippen LogP contribution >= 0.6 is 15.9 Å². The van der Waals surface area contributed by atoms with Gasteiger partial charge in [0.25, 0.3) is 5.91 Å². The van der Waals surface area contributed by atoms with Crippen molar-refractivity contribution in [3.05, 3.63) is 28.5 Å². The molecule has 1 unspecified atom stereocenters. The van der Waals surface area contributed by atoms with Gasteiger partial charge in [0.05, 0.1) is 0 Å². The second-order valence-electron chi connectivity index (χ2n) is 2.98. The van der Waals surface area contributed by atoms with Crippen molar-refractivity contribution in [3.8, 4) is 5.75 Å². The highest BCUT2D eigenvalue weighted by molar-refractivity contribution is 9.10. The van der Waals surface area contributed by atoms with Crippen molar-refractivity contribution in [3.63, 3.8) is 0 Å². The number of carbonyl (C=O) groups excluding carboxylic acids is 1. The maximum atomic E-state index is 13.0. The van der Waals surface area contributed by atoms with Gasteiger partial charge < -0.3 is 10.1 Å². The van der Waals surface area contributed by atoms with Crippen LogP contribution in [0.5, 0.6) is 5.75 Å². The van der Waals surface area contributed by atoms with Crippen LogP contribution in [0.2, 0.25) is 0 Å². The Kier molecular flexibility index (Phi) is 4.08. The van der Waals surface area contributed by atoms with Gasteiger partial charge >= 0.3 is 0 Å². The molecule has 0 aliphatic heterocycles. The number of nitrogens with one attached hydrogen (secondary N) is 1. The van der Waals surface area contributed by atoms with Crippen LogP contribution in [0.4, 0.5) is 4.39 Å². The summed E-state index contributed by atoms with van der Waals surface area (Å²) in [7, 11) is 1.52. The van der Waals surface area contributed by atoms with Crippen LogP contribution in [0.1, 0.15) is 6.92 Å². The van der Waals surface area contributed by atoms with Gasteiger partial charge in [-0.2, -0.15) is 0 Å². The number of rotatable bonds is 3. The number of likely N-dealkylation sites (N-methyl/N-ethyl adjacent to an activating group) is 1. The first-order valence-electron chi connectivity index (χ1n) is 4.37. The van der Waals surface area contributed by atoms with Crippen LogP contribution in [-0.4, -0.2) is 19.1 Å². The summed E-state index contributed by atoms with van der Waals surface area (Å²) in [4.78, 5) is 11.1. The Hall–Kier alpha value is -1.10. The lowest BCUT2D eigenvalue weighted by Gasteiger charge is -2.13. The van der Waals surface area contributed by atoms with E-state index in [1.807, 2.05) is 0 Å². The van der Waals surface area contributed by atoms with E-state index in [0.717, 1.165) is 0 Å². The lowest BCUT2D eigenvalue weighted by molar-refractivity contribution is -0.126. The molecule has 5 heteroatoms. The van der Waals surface area contributed by atoms with Crippen LogP contribution in [-0.2, 0) is 4.79 Å². The van der Waals surface area contributed by atoms with Gasteiger partial charge in [-0.25, -0.2) is 4.39 Å². The minimum atomic E-state index is -0.649. The van der Waals surface area contributed by atoms with Gasteiger partial charge in [0, 0.05) is 17.6 Å². The Bertz CT molecular complexity index is 350. The van der Waals surface area contributed by atoms with Gasteiger partial charge in [-0.05, 0) is 19.1 Å². The monoisotopic (exact) mass is 275 g/mol.